The summed E-state index contributed by atoms with van der Waals surface area (Å²) in [5.41, 5.74) is 0.594. The Morgan fingerprint density at radius 3 is 2.48 bits per heavy atom. The SMILES string of the molecule is COc1ccc(N2CC(C(=O)N3C[C@@H](C)[C@H](C(=O)O)C3)CC2=O)c(OC)c1. The van der Waals surface area contributed by atoms with E-state index in [1.165, 1.54) is 7.11 Å². The van der Waals surface area contributed by atoms with Gasteiger partial charge in [0.15, 0.2) is 0 Å². The van der Waals surface area contributed by atoms with Gasteiger partial charge in [-0.2, -0.15) is 0 Å². The minimum Gasteiger partial charge on any atom is -0.497 e. The van der Waals surface area contributed by atoms with Gasteiger partial charge in [0.05, 0.1) is 31.7 Å². The lowest BCUT2D eigenvalue weighted by molar-refractivity contribution is -0.142. The van der Waals surface area contributed by atoms with Gasteiger partial charge in [0.25, 0.3) is 0 Å². The molecular formula is C19H24N2O6. The summed E-state index contributed by atoms with van der Waals surface area (Å²) in [6.45, 7) is 2.70. The Hall–Kier alpha value is -2.77. The van der Waals surface area contributed by atoms with Crippen LogP contribution in [0.2, 0.25) is 0 Å². The first-order chi connectivity index (χ1) is 12.8. The van der Waals surface area contributed by atoms with Crippen molar-refractivity contribution in [2.24, 2.45) is 17.8 Å². The van der Waals surface area contributed by atoms with Gasteiger partial charge in [-0.25, -0.2) is 0 Å². The number of nitrogens with zero attached hydrogens (tertiary/aromatic N) is 2. The predicted octanol–water partition coefficient (Wildman–Crippen LogP) is 1.24. The molecule has 0 saturated carbocycles. The van der Waals surface area contributed by atoms with Crippen molar-refractivity contribution in [3.63, 3.8) is 0 Å². The lowest BCUT2D eigenvalue weighted by Gasteiger charge is -2.22. The summed E-state index contributed by atoms with van der Waals surface area (Å²) in [7, 11) is 3.06. The lowest BCUT2D eigenvalue weighted by Crippen LogP contribution is -2.36. The number of ether oxygens (including phenoxy) is 2. The maximum Gasteiger partial charge on any atom is 0.308 e. The molecule has 0 spiro atoms. The Labute approximate surface area is 157 Å². The molecule has 0 bridgehead atoms. The maximum atomic E-state index is 12.8. The van der Waals surface area contributed by atoms with Crippen LogP contribution in [0.15, 0.2) is 18.2 Å². The second-order valence-corrected chi connectivity index (χ2v) is 7.11. The first-order valence-electron chi connectivity index (χ1n) is 8.89. The number of carboxylic acid groups (broad SMARTS) is 1. The number of carbonyl (C=O) groups excluding carboxylic acids is 2. The molecule has 1 N–H and O–H groups in total. The number of hydrogen-bond donors (Lipinski definition) is 1. The van der Waals surface area contributed by atoms with Crippen LogP contribution in [0.1, 0.15) is 13.3 Å². The number of likely N-dealkylation sites (tertiary alicyclic amines) is 1. The highest BCUT2D eigenvalue weighted by Crippen LogP contribution is 2.36. The number of carboxylic acids is 1. The third-order valence-electron chi connectivity index (χ3n) is 5.39. The van der Waals surface area contributed by atoms with Crippen molar-refractivity contribution >= 4 is 23.5 Å². The number of carbonyl (C=O) groups is 3. The van der Waals surface area contributed by atoms with E-state index in [-0.39, 0.29) is 37.2 Å². The quantitative estimate of drug-likeness (QED) is 0.830. The van der Waals surface area contributed by atoms with E-state index >= 15 is 0 Å². The zero-order valence-corrected chi connectivity index (χ0v) is 15.7. The standard InChI is InChI=1S/C19H24N2O6/c1-11-8-20(10-14(11)19(24)25)18(23)12-6-17(22)21(9-12)15-5-4-13(26-2)7-16(15)27-3/h4-5,7,11-12,14H,6,8-10H2,1-3H3,(H,24,25)/t11-,12?,14-/m1/s1. The molecule has 1 aromatic rings. The molecule has 3 atom stereocenters. The average Bonchev–Trinajstić information content (AvgIpc) is 3.23. The summed E-state index contributed by atoms with van der Waals surface area (Å²) in [6, 6.07) is 5.16. The Kier molecular flexibility index (Phi) is 5.25. The fourth-order valence-electron chi connectivity index (χ4n) is 3.84. The van der Waals surface area contributed by atoms with Crippen molar-refractivity contribution in [2.75, 3.05) is 38.8 Å². The van der Waals surface area contributed by atoms with Gasteiger partial charge in [0, 0.05) is 32.1 Å². The molecule has 1 aromatic carbocycles. The van der Waals surface area contributed by atoms with Gasteiger partial charge in [-0.1, -0.05) is 6.92 Å². The van der Waals surface area contributed by atoms with Crippen molar-refractivity contribution in [2.45, 2.75) is 13.3 Å². The maximum absolute atomic E-state index is 12.8. The summed E-state index contributed by atoms with van der Waals surface area (Å²) in [5.74, 6) is -1.22. The molecule has 2 aliphatic rings. The van der Waals surface area contributed by atoms with Crippen molar-refractivity contribution < 1.29 is 29.0 Å². The van der Waals surface area contributed by atoms with E-state index in [2.05, 4.69) is 0 Å². The first kappa shape index (κ1) is 19.0. The highest BCUT2D eigenvalue weighted by atomic mass is 16.5. The highest BCUT2D eigenvalue weighted by Gasteiger charge is 2.43. The van der Waals surface area contributed by atoms with E-state index in [0.717, 1.165) is 0 Å². The first-order valence-corrected chi connectivity index (χ1v) is 8.89. The van der Waals surface area contributed by atoms with E-state index in [1.54, 1.807) is 35.1 Å². The molecule has 0 aromatic heterocycles. The molecule has 27 heavy (non-hydrogen) atoms. The summed E-state index contributed by atoms with van der Waals surface area (Å²) in [6.07, 6.45) is 0.108. The van der Waals surface area contributed by atoms with Crippen LogP contribution < -0.4 is 14.4 Å². The Bertz CT molecular complexity index is 765. The van der Waals surface area contributed by atoms with Crippen LogP contribution >= 0.6 is 0 Å². The third kappa shape index (κ3) is 3.56. The van der Waals surface area contributed by atoms with E-state index in [9.17, 15) is 19.5 Å². The summed E-state index contributed by atoms with van der Waals surface area (Å²) < 4.78 is 10.5. The Balaban J connectivity index is 1.74. The average molecular weight is 376 g/mol. The molecule has 1 unspecified atom stereocenters. The van der Waals surface area contributed by atoms with E-state index < -0.39 is 17.8 Å². The van der Waals surface area contributed by atoms with Gasteiger partial charge in [-0.15, -0.1) is 0 Å². The second kappa shape index (κ2) is 7.46. The van der Waals surface area contributed by atoms with Crippen molar-refractivity contribution in [1.29, 1.82) is 0 Å². The zero-order chi connectivity index (χ0) is 19.7. The molecule has 2 saturated heterocycles. The number of rotatable bonds is 5. The van der Waals surface area contributed by atoms with Gasteiger partial charge in [-0.05, 0) is 18.1 Å². The molecule has 0 radical (unpaired) electrons. The Morgan fingerprint density at radius 1 is 1.15 bits per heavy atom. The van der Waals surface area contributed by atoms with Crippen LogP contribution in [0.3, 0.4) is 0 Å². The second-order valence-electron chi connectivity index (χ2n) is 7.11. The summed E-state index contributed by atoms with van der Waals surface area (Å²) in [5, 5.41) is 9.26. The van der Waals surface area contributed by atoms with Crippen molar-refractivity contribution in [3.05, 3.63) is 18.2 Å². The molecule has 8 nitrogen and oxygen atoms in total. The molecule has 3 rings (SSSR count). The molecule has 8 heteroatoms. The minimum atomic E-state index is -0.884. The number of anilines is 1. The fourth-order valence-corrected chi connectivity index (χ4v) is 3.84. The number of methoxy groups -OCH3 is 2. The van der Waals surface area contributed by atoms with Crippen molar-refractivity contribution in [3.8, 4) is 11.5 Å². The molecule has 2 amide bonds. The van der Waals surface area contributed by atoms with Crippen LogP contribution in [0, 0.1) is 17.8 Å². The fraction of sp³-hybridized carbons (Fsp3) is 0.526. The van der Waals surface area contributed by atoms with Gasteiger partial charge in [0.1, 0.15) is 11.5 Å². The topological polar surface area (TPSA) is 96.4 Å². The third-order valence-corrected chi connectivity index (χ3v) is 5.39. The van der Waals surface area contributed by atoms with Crippen LogP contribution in [0.25, 0.3) is 0 Å². The van der Waals surface area contributed by atoms with Crippen LogP contribution in [0.4, 0.5) is 5.69 Å². The smallest absolute Gasteiger partial charge is 0.308 e. The van der Waals surface area contributed by atoms with Gasteiger partial charge in [-0.3, -0.25) is 14.4 Å². The van der Waals surface area contributed by atoms with Crippen molar-refractivity contribution in [1.82, 2.24) is 4.90 Å². The lowest BCUT2D eigenvalue weighted by atomic mass is 9.99. The molecule has 2 fully saturated rings. The predicted molar refractivity (Wildman–Crippen MR) is 96.9 cm³/mol. The number of benzene rings is 1. The van der Waals surface area contributed by atoms with Gasteiger partial charge in [0.2, 0.25) is 11.8 Å². The van der Waals surface area contributed by atoms with Crippen LogP contribution in [-0.2, 0) is 14.4 Å². The summed E-state index contributed by atoms with van der Waals surface area (Å²) in [4.78, 5) is 39.8. The van der Waals surface area contributed by atoms with Gasteiger partial charge >= 0.3 is 5.97 Å². The summed E-state index contributed by atoms with van der Waals surface area (Å²) >= 11 is 0. The highest BCUT2D eigenvalue weighted by molar-refractivity contribution is 6.01. The monoisotopic (exact) mass is 376 g/mol. The van der Waals surface area contributed by atoms with Crippen LogP contribution in [0.5, 0.6) is 11.5 Å². The van der Waals surface area contributed by atoms with Crippen LogP contribution in [-0.4, -0.2) is 61.6 Å². The normalized spacial score (nSPS) is 25.0. The van der Waals surface area contributed by atoms with E-state index in [1.807, 2.05) is 6.92 Å². The number of hydrogen-bond acceptors (Lipinski definition) is 5. The number of aliphatic carboxylic acids is 1. The molecule has 0 aliphatic carbocycles. The zero-order valence-electron chi connectivity index (χ0n) is 15.7. The minimum absolute atomic E-state index is 0.0960. The molecule has 2 heterocycles. The van der Waals surface area contributed by atoms with Gasteiger partial charge < -0.3 is 24.4 Å². The Morgan fingerprint density at radius 2 is 1.89 bits per heavy atom. The van der Waals surface area contributed by atoms with E-state index in [4.69, 9.17) is 9.47 Å². The van der Waals surface area contributed by atoms with E-state index in [0.29, 0.717) is 23.7 Å². The number of amides is 2. The molecular weight excluding hydrogens is 352 g/mol. The molecule has 146 valence electrons. The largest absolute Gasteiger partial charge is 0.497 e. The molecule has 2 aliphatic heterocycles.